The van der Waals surface area contributed by atoms with E-state index in [0.717, 1.165) is 48.2 Å². The first-order valence-corrected chi connectivity index (χ1v) is 10.3. The van der Waals surface area contributed by atoms with Gasteiger partial charge in [0.25, 0.3) is 0 Å². The molecule has 2 aliphatic carbocycles. The van der Waals surface area contributed by atoms with Crippen LogP contribution in [0.3, 0.4) is 0 Å². The molecule has 0 aliphatic heterocycles. The molecule has 2 aliphatic rings. The third kappa shape index (κ3) is 2.67. The van der Waals surface area contributed by atoms with Crippen molar-refractivity contribution in [2.45, 2.75) is 44.9 Å². The molecule has 0 amide bonds. The lowest BCUT2D eigenvalue weighted by Crippen LogP contribution is -2.32. The van der Waals surface area contributed by atoms with E-state index in [0.29, 0.717) is 0 Å². The summed E-state index contributed by atoms with van der Waals surface area (Å²) in [6, 6.07) is 16.0. The van der Waals surface area contributed by atoms with Crippen LogP contribution < -0.4 is 0 Å². The lowest BCUT2D eigenvalue weighted by atomic mass is 9.64. The van der Waals surface area contributed by atoms with Crippen LogP contribution in [0.25, 0.3) is 5.57 Å². The second kappa shape index (κ2) is 6.62. The Morgan fingerprint density at radius 1 is 0.862 bits per heavy atom. The van der Waals surface area contributed by atoms with E-state index in [1.54, 1.807) is 12.1 Å². The maximum absolute atomic E-state index is 13.7. The summed E-state index contributed by atoms with van der Waals surface area (Å²) in [5.74, 6) is -0.449. The smallest absolute Gasteiger partial charge is 0.123 e. The summed E-state index contributed by atoms with van der Waals surface area (Å²) >= 11 is 0. The molecule has 0 N–H and O–H groups in total. The largest absolute Gasteiger partial charge is 0.258 e. The van der Waals surface area contributed by atoms with E-state index >= 15 is 0 Å². The minimum atomic E-state index is -0.282. The molecule has 1 unspecified atom stereocenters. The Kier molecular flexibility index (Phi) is 4.16. The number of pyridine rings is 1. The van der Waals surface area contributed by atoms with E-state index in [2.05, 4.69) is 13.0 Å². The van der Waals surface area contributed by atoms with Gasteiger partial charge in [0.15, 0.2) is 0 Å². The quantitative estimate of drug-likeness (QED) is 0.479. The first-order chi connectivity index (χ1) is 14.0. The third-order valence-corrected chi connectivity index (χ3v) is 6.54. The summed E-state index contributed by atoms with van der Waals surface area (Å²) in [5, 5.41) is 0. The zero-order chi connectivity index (χ0) is 20.2. The number of nitrogens with zero attached hydrogens (tertiary/aromatic N) is 1. The highest BCUT2D eigenvalue weighted by Gasteiger charge is 2.48. The molecule has 3 aromatic rings. The summed E-state index contributed by atoms with van der Waals surface area (Å²) in [7, 11) is 0. The first kappa shape index (κ1) is 18.2. The van der Waals surface area contributed by atoms with Crippen molar-refractivity contribution in [1.82, 2.24) is 4.98 Å². The molecule has 1 heterocycles. The van der Waals surface area contributed by atoms with E-state index in [1.807, 2.05) is 31.2 Å². The molecule has 146 valence electrons. The molecule has 1 saturated carbocycles. The molecule has 1 nitrogen and oxygen atoms in total. The molecule has 3 heteroatoms. The maximum atomic E-state index is 13.7. The van der Waals surface area contributed by atoms with E-state index in [1.165, 1.54) is 34.4 Å². The second-order valence-electron chi connectivity index (χ2n) is 8.25. The number of aryl methyl sites for hydroxylation is 2. The summed E-state index contributed by atoms with van der Waals surface area (Å²) < 4.78 is 27.4. The van der Waals surface area contributed by atoms with Gasteiger partial charge in [-0.05, 0) is 96.8 Å². The minimum absolute atomic E-state index is 0.220. The third-order valence-electron chi connectivity index (χ3n) is 6.54. The zero-order valence-corrected chi connectivity index (χ0v) is 16.7. The van der Waals surface area contributed by atoms with Gasteiger partial charge in [0.1, 0.15) is 11.6 Å². The molecule has 0 saturated heterocycles. The van der Waals surface area contributed by atoms with Crippen LogP contribution in [0, 0.1) is 25.5 Å². The zero-order valence-electron chi connectivity index (χ0n) is 16.7. The fourth-order valence-electron chi connectivity index (χ4n) is 5.54. The highest BCUT2D eigenvalue weighted by molar-refractivity contribution is 5.92. The fourth-order valence-corrected chi connectivity index (χ4v) is 5.54. The fraction of sp³-hybridized carbons (Fsp3) is 0.269. The molecule has 2 aromatic carbocycles. The number of rotatable bonds is 2. The van der Waals surface area contributed by atoms with Crippen molar-refractivity contribution in [3.8, 4) is 0 Å². The number of benzene rings is 2. The summed E-state index contributed by atoms with van der Waals surface area (Å²) in [6.07, 6.45) is 4.21. The number of halogens is 2. The monoisotopic (exact) mass is 387 g/mol. The molecular weight excluding hydrogens is 364 g/mol. The van der Waals surface area contributed by atoms with Gasteiger partial charge in [-0.3, -0.25) is 4.98 Å². The van der Waals surface area contributed by atoms with Crippen LogP contribution in [0.2, 0.25) is 0 Å². The van der Waals surface area contributed by atoms with Crippen molar-refractivity contribution in [2.24, 2.45) is 0 Å². The predicted octanol–water partition coefficient (Wildman–Crippen LogP) is 6.65. The standard InChI is InChI=1S/C26H23F2N/c1-16-15-22-24(18-6-10-20(27)11-7-18)23-5-3-4-14-26(23,25(22)17(2)29-16)19-8-12-21(28)13-9-19/h6-13,15H,3-5,14H2,1-2H3. The minimum Gasteiger partial charge on any atom is -0.258 e. The van der Waals surface area contributed by atoms with E-state index in [4.69, 9.17) is 4.98 Å². The molecule has 1 aromatic heterocycles. The van der Waals surface area contributed by atoms with Crippen molar-refractivity contribution in [3.05, 3.63) is 105 Å². The highest BCUT2D eigenvalue weighted by atomic mass is 19.1. The van der Waals surface area contributed by atoms with Crippen LogP contribution in [0.5, 0.6) is 0 Å². The van der Waals surface area contributed by atoms with E-state index in [9.17, 15) is 8.78 Å². The molecule has 1 atom stereocenters. The Morgan fingerprint density at radius 3 is 2.21 bits per heavy atom. The topological polar surface area (TPSA) is 12.9 Å². The van der Waals surface area contributed by atoms with Crippen molar-refractivity contribution in [1.29, 1.82) is 0 Å². The average Bonchev–Trinajstić information content (AvgIpc) is 3.00. The SMILES string of the molecule is Cc1cc2c(c(C)n1)C1(c3ccc(F)cc3)CCCCC1=C2c1ccc(F)cc1. The van der Waals surface area contributed by atoms with Crippen LogP contribution in [0.1, 0.15) is 59.3 Å². The van der Waals surface area contributed by atoms with Crippen molar-refractivity contribution in [2.75, 3.05) is 0 Å². The van der Waals surface area contributed by atoms with Gasteiger partial charge >= 0.3 is 0 Å². The molecule has 0 radical (unpaired) electrons. The van der Waals surface area contributed by atoms with Gasteiger partial charge in [-0.25, -0.2) is 8.78 Å². The number of allylic oxidation sites excluding steroid dienone is 1. The van der Waals surface area contributed by atoms with Gasteiger partial charge in [0, 0.05) is 16.8 Å². The van der Waals surface area contributed by atoms with Crippen LogP contribution >= 0.6 is 0 Å². The Labute approximate surface area is 170 Å². The van der Waals surface area contributed by atoms with Gasteiger partial charge < -0.3 is 0 Å². The Bertz CT molecular complexity index is 1130. The Balaban J connectivity index is 1.88. The van der Waals surface area contributed by atoms with Gasteiger partial charge in [-0.2, -0.15) is 0 Å². The Hall–Kier alpha value is -2.81. The lowest BCUT2D eigenvalue weighted by molar-refractivity contribution is 0.447. The van der Waals surface area contributed by atoms with Crippen LogP contribution in [-0.4, -0.2) is 4.98 Å². The van der Waals surface area contributed by atoms with Crippen molar-refractivity contribution < 1.29 is 8.78 Å². The Morgan fingerprint density at radius 2 is 1.52 bits per heavy atom. The van der Waals surface area contributed by atoms with Gasteiger partial charge in [-0.1, -0.05) is 30.7 Å². The molecule has 1 fully saturated rings. The number of fused-ring (bicyclic) bond motifs is 3. The van der Waals surface area contributed by atoms with Gasteiger partial charge in [-0.15, -0.1) is 0 Å². The number of aromatic nitrogens is 1. The first-order valence-electron chi connectivity index (χ1n) is 10.3. The van der Waals surface area contributed by atoms with Crippen LogP contribution in [0.4, 0.5) is 8.78 Å². The lowest BCUT2D eigenvalue weighted by Gasteiger charge is -2.39. The number of hydrogen-bond donors (Lipinski definition) is 0. The summed E-state index contributed by atoms with van der Waals surface area (Å²) in [6.45, 7) is 4.10. The van der Waals surface area contributed by atoms with Crippen molar-refractivity contribution >= 4 is 5.57 Å². The highest BCUT2D eigenvalue weighted by Crippen LogP contribution is 2.59. The van der Waals surface area contributed by atoms with E-state index in [-0.39, 0.29) is 17.0 Å². The normalized spacial score (nSPS) is 20.6. The average molecular weight is 387 g/mol. The summed E-state index contributed by atoms with van der Waals surface area (Å²) in [5.41, 5.74) is 8.90. The molecule has 5 rings (SSSR count). The van der Waals surface area contributed by atoms with Crippen LogP contribution in [-0.2, 0) is 5.41 Å². The molecule has 0 bridgehead atoms. The van der Waals surface area contributed by atoms with Crippen molar-refractivity contribution in [3.63, 3.8) is 0 Å². The summed E-state index contributed by atoms with van der Waals surface area (Å²) in [4.78, 5) is 4.81. The molecular formula is C26H23F2N. The second-order valence-corrected chi connectivity index (χ2v) is 8.25. The maximum Gasteiger partial charge on any atom is 0.123 e. The van der Waals surface area contributed by atoms with Gasteiger partial charge in [0.05, 0.1) is 0 Å². The number of hydrogen-bond acceptors (Lipinski definition) is 1. The van der Waals surface area contributed by atoms with Gasteiger partial charge in [0.2, 0.25) is 0 Å². The predicted molar refractivity (Wildman–Crippen MR) is 112 cm³/mol. The molecule has 0 spiro atoms. The molecule has 29 heavy (non-hydrogen) atoms. The van der Waals surface area contributed by atoms with Crippen LogP contribution in [0.15, 0.2) is 60.2 Å². The van der Waals surface area contributed by atoms with E-state index < -0.39 is 0 Å².